The van der Waals surface area contributed by atoms with Crippen LogP contribution in [0.25, 0.3) is 5.65 Å². The van der Waals surface area contributed by atoms with Gasteiger partial charge >= 0.3 is 0 Å². The van der Waals surface area contributed by atoms with Crippen LogP contribution in [0.4, 0.5) is 11.6 Å². The van der Waals surface area contributed by atoms with Gasteiger partial charge in [-0.2, -0.15) is 9.61 Å². The van der Waals surface area contributed by atoms with Crippen molar-refractivity contribution in [2.24, 2.45) is 0 Å². The number of hydrogen-bond donors (Lipinski definition) is 3. The first-order chi connectivity index (χ1) is 13.7. The topological polar surface area (TPSA) is 91.7 Å². The summed E-state index contributed by atoms with van der Waals surface area (Å²) in [4.78, 5) is 6.79. The van der Waals surface area contributed by atoms with Crippen molar-refractivity contribution in [2.45, 2.75) is 57.8 Å². The summed E-state index contributed by atoms with van der Waals surface area (Å²) in [5.41, 5.74) is 6.58. The SMILES string of the molecule is C1CCCCC1.CO.Nc1cc(NCCCN2CCCC2)n2ncc(Br)c2n1. The van der Waals surface area contributed by atoms with Gasteiger partial charge in [-0.15, -0.1) is 0 Å². The molecule has 0 aromatic carbocycles. The van der Waals surface area contributed by atoms with Crippen LogP contribution in [0.1, 0.15) is 57.8 Å². The van der Waals surface area contributed by atoms with Crippen LogP contribution in [0.2, 0.25) is 0 Å². The Morgan fingerprint density at radius 1 is 1.07 bits per heavy atom. The molecule has 3 heterocycles. The summed E-state index contributed by atoms with van der Waals surface area (Å²) >= 11 is 3.43. The Hall–Kier alpha value is -1.38. The lowest BCUT2D eigenvalue weighted by molar-refractivity contribution is 0.337. The Balaban J connectivity index is 0.000000296. The summed E-state index contributed by atoms with van der Waals surface area (Å²) < 4.78 is 2.63. The lowest BCUT2D eigenvalue weighted by Crippen LogP contribution is -2.22. The zero-order chi connectivity index (χ0) is 20.2. The first-order valence-electron chi connectivity index (χ1n) is 10.4. The molecule has 0 spiro atoms. The number of anilines is 2. The molecule has 158 valence electrons. The van der Waals surface area contributed by atoms with Crippen LogP contribution in [0.15, 0.2) is 16.7 Å². The number of rotatable bonds is 5. The average Bonchev–Trinajstić information content (AvgIpc) is 3.39. The third kappa shape index (κ3) is 7.22. The fourth-order valence-corrected chi connectivity index (χ4v) is 4.01. The van der Waals surface area contributed by atoms with Crippen molar-refractivity contribution in [1.29, 1.82) is 0 Å². The summed E-state index contributed by atoms with van der Waals surface area (Å²) in [6, 6.07) is 1.82. The van der Waals surface area contributed by atoms with E-state index >= 15 is 0 Å². The summed E-state index contributed by atoms with van der Waals surface area (Å²) in [5.74, 6) is 1.39. The van der Waals surface area contributed by atoms with E-state index in [0.29, 0.717) is 5.82 Å². The summed E-state index contributed by atoms with van der Waals surface area (Å²) in [5, 5.41) is 14.7. The Labute approximate surface area is 176 Å². The van der Waals surface area contributed by atoms with Crippen LogP contribution in [0, 0.1) is 0 Å². The molecule has 1 saturated carbocycles. The van der Waals surface area contributed by atoms with Crippen molar-refractivity contribution < 1.29 is 5.11 Å². The number of nitrogens with zero attached hydrogens (tertiary/aromatic N) is 4. The minimum absolute atomic E-state index is 0.501. The van der Waals surface area contributed by atoms with E-state index in [1.54, 1.807) is 10.7 Å². The molecule has 2 aliphatic rings. The van der Waals surface area contributed by atoms with Crippen LogP contribution in [-0.2, 0) is 0 Å². The van der Waals surface area contributed by atoms with Gasteiger partial charge in [-0.1, -0.05) is 38.5 Å². The maximum atomic E-state index is 7.00. The molecule has 0 amide bonds. The fourth-order valence-electron chi connectivity index (χ4n) is 3.67. The fraction of sp³-hybridized carbons (Fsp3) is 0.700. The standard InChI is InChI=1S/C13H19BrN6.C6H12.CH4O/c14-10-9-17-20-12(8-11(15)18-13(10)20)16-4-3-7-19-5-1-2-6-19;1-2-4-6-5-3-1;1-2/h8-9,16H,1-7H2,(H2,15,18);1-6H2;2H,1H3. The minimum atomic E-state index is 0.501. The number of aliphatic hydroxyl groups is 1. The van der Waals surface area contributed by atoms with Gasteiger partial charge in [0.15, 0.2) is 5.65 Å². The largest absolute Gasteiger partial charge is 0.400 e. The highest BCUT2D eigenvalue weighted by Gasteiger charge is 2.11. The van der Waals surface area contributed by atoms with E-state index in [4.69, 9.17) is 10.8 Å². The number of halogens is 1. The predicted octanol–water partition coefficient (Wildman–Crippen LogP) is 3.92. The number of nitrogen functional groups attached to an aromatic ring is 1. The Morgan fingerprint density at radius 3 is 2.29 bits per heavy atom. The normalized spacial score (nSPS) is 16.8. The monoisotopic (exact) mass is 454 g/mol. The van der Waals surface area contributed by atoms with E-state index in [1.807, 2.05) is 6.07 Å². The Kier molecular flexibility index (Phi) is 10.6. The second-order valence-corrected chi connectivity index (χ2v) is 8.10. The smallest absolute Gasteiger partial charge is 0.173 e. The molecule has 2 fully saturated rings. The van der Waals surface area contributed by atoms with Crippen LogP contribution in [0.5, 0.6) is 0 Å². The van der Waals surface area contributed by atoms with Crippen molar-refractivity contribution in [1.82, 2.24) is 19.5 Å². The number of hydrogen-bond acceptors (Lipinski definition) is 6. The van der Waals surface area contributed by atoms with E-state index in [1.165, 1.54) is 64.5 Å². The van der Waals surface area contributed by atoms with Crippen molar-refractivity contribution in [3.8, 4) is 0 Å². The molecule has 2 aromatic rings. The van der Waals surface area contributed by atoms with Crippen molar-refractivity contribution in [3.05, 3.63) is 16.7 Å². The van der Waals surface area contributed by atoms with Crippen LogP contribution < -0.4 is 11.1 Å². The molecule has 28 heavy (non-hydrogen) atoms. The molecule has 1 aliphatic heterocycles. The van der Waals surface area contributed by atoms with Gasteiger partial charge in [0, 0.05) is 19.7 Å². The molecular formula is C20H35BrN6O. The molecule has 0 bridgehead atoms. The summed E-state index contributed by atoms with van der Waals surface area (Å²) in [7, 11) is 1.00. The van der Waals surface area contributed by atoms with Gasteiger partial charge in [0.1, 0.15) is 11.6 Å². The number of nitrogens with two attached hydrogens (primary N) is 1. The van der Waals surface area contributed by atoms with Crippen LogP contribution >= 0.6 is 15.9 Å². The predicted molar refractivity (Wildman–Crippen MR) is 120 cm³/mol. The lowest BCUT2D eigenvalue weighted by Gasteiger charge is -2.15. The maximum Gasteiger partial charge on any atom is 0.173 e. The second-order valence-electron chi connectivity index (χ2n) is 7.24. The van der Waals surface area contributed by atoms with Crippen LogP contribution in [-0.4, -0.2) is 57.9 Å². The quantitative estimate of drug-likeness (QED) is 0.592. The molecule has 4 N–H and O–H groups in total. The van der Waals surface area contributed by atoms with Gasteiger partial charge in [0.25, 0.3) is 0 Å². The maximum absolute atomic E-state index is 7.00. The molecule has 1 aliphatic carbocycles. The third-order valence-corrected chi connectivity index (χ3v) is 5.66. The van der Waals surface area contributed by atoms with Crippen LogP contribution in [0.3, 0.4) is 0 Å². The van der Waals surface area contributed by atoms with Gasteiger partial charge in [-0.05, 0) is 54.8 Å². The highest BCUT2D eigenvalue weighted by atomic mass is 79.9. The van der Waals surface area contributed by atoms with E-state index in [-0.39, 0.29) is 0 Å². The first kappa shape index (κ1) is 22.9. The minimum Gasteiger partial charge on any atom is -0.400 e. The molecule has 0 radical (unpaired) electrons. The van der Waals surface area contributed by atoms with Crippen molar-refractivity contribution in [2.75, 3.05) is 44.3 Å². The molecule has 4 rings (SSSR count). The molecular weight excluding hydrogens is 420 g/mol. The van der Waals surface area contributed by atoms with Gasteiger partial charge in [0.2, 0.25) is 0 Å². The Morgan fingerprint density at radius 2 is 1.68 bits per heavy atom. The molecule has 2 aromatic heterocycles. The second kappa shape index (κ2) is 13.0. The highest BCUT2D eigenvalue weighted by Crippen LogP contribution is 2.21. The van der Waals surface area contributed by atoms with E-state index in [0.717, 1.165) is 42.6 Å². The van der Waals surface area contributed by atoms with E-state index in [2.05, 4.69) is 36.2 Å². The zero-order valence-electron chi connectivity index (χ0n) is 17.0. The first-order valence-corrected chi connectivity index (χ1v) is 11.2. The lowest BCUT2D eigenvalue weighted by atomic mass is 10.0. The average molecular weight is 455 g/mol. The molecule has 1 saturated heterocycles. The number of aromatic nitrogens is 3. The van der Waals surface area contributed by atoms with Crippen molar-refractivity contribution >= 4 is 33.2 Å². The number of nitrogens with one attached hydrogen (secondary N) is 1. The number of fused-ring (bicyclic) bond motifs is 1. The molecule has 8 heteroatoms. The Bertz CT molecular complexity index is 671. The van der Waals surface area contributed by atoms with Gasteiger partial charge in [-0.25, -0.2) is 4.98 Å². The molecule has 7 nitrogen and oxygen atoms in total. The number of aliphatic hydroxyl groups excluding tert-OH is 1. The van der Waals surface area contributed by atoms with E-state index < -0.39 is 0 Å². The highest BCUT2D eigenvalue weighted by molar-refractivity contribution is 9.10. The van der Waals surface area contributed by atoms with Gasteiger partial charge in [-0.3, -0.25) is 0 Å². The molecule has 0 atom stereocenters. The summed E-state index contributed by atoms with van der Waals surface area (Å²) in [6.45, 7) is 4.56. The molecule has 0 unspecified atom stereocenters. The summed E-state index contributed by atoms with van der Waals surface area (Å²) in [6.07, 6.45) is 14.5. The van der Waals surface area contributed by atoms with Gasteiger partial charge < -0.3 is 21.1 Å². The van der Waals surface area contributed by atoms with E-state index in [9.17, 15) is 0 Å². The number of likely N-dealkylation sites (tertiary alicyclic amines) is 1. The zero-order valence-corrected chi connectivity index (χ0v) is 18.6. The van der Waals surface area contributed by atoms with Crippen molar-refractivity contribution in [3.63, 3.8) is 0 Å². The third-order valence-electron chi connectivity index (χ3n) is 5.10. The van der Waals surface area contributed by atoms with Gasteiger partial charge in [0.05, 0.1) is 10.7 Å².